The maximum atomic E-state index is 6.08. The molecule has 7 heteroatoms. The zero-order valence-electron chi connectivity index (χ0n) is 13.9. The van der Waals surface area contributed by atoms with Gasteiger partial charge in [0.05, 0.1) is 30.9 Å². The number of nitrogens with zero attached hydrogens (tertiary/aromatic N) is 2. The van der Waals surface area contributed by atoms with Gasteiger partial charge in [0, 0.05) is 25.3 Å². The van der Waals surface area contributed by atoms with Crippen LogP contribution in [-0.2, 0) is 4.74 Å². The maximum absolute atomic E-state index is 6.08. The first kappa shape index (κ1) is 17.8. The number of hydrogen-bond acceptors (Lipinski definition) is 4. The lowest BCUT2D eigenvalue weighted by atomic mass is 10.1. The van der Waals surface area contributed by atoms with Crippen molar-refractivity contribution in [3.63, 3.8) is 0 Å². The van der Waals surface area contributed by atoms with Crippen LogP contribution < -0.4 is 15.8 Å². The Hall–Kier alpha value is -1.50. The van der Waals surface area contributed by atoms with Crippen molar-refractivity contribution in [2.24, 2.45) is 10.7 Å². The third kappa shape index (κ3) is 5.57. The van der Waals surface area contributed by atoms with Crippen LogP contribution in [0, 0.1) is 0 Å². The van der Waals surface area contributed by atoms with Gasteiger partial charge in [-0.25, -0.2) is 0 Å². The van der Waals surface area contributed by atoms with E-state index >= 15 is 0 Å². The van der Waals surface area contributed by atoms with Crippen LogP contribution in [0.4, 0.5) is 5.69 Å². The first-order valence-corrected chi connectivity index (χ1v) is 8.04. The number of rotatable bonds is 5. The number of nitrogens with two attached hydrogens (primary N) is 1. The zero-order valence-corrected chi connectivity index (χ0v) is 14.7. The van der Waals surface area contributed by atoms with Crippen LogP contribution in [0.15, 0.2) is 23.2 Å². The molecule has 3 N–H and O–H groups in total. The average molecular weight is 341 g/mol. The molecule has 128 valence electrons. The molecular weight excluding hydrogens is 316 g/mol. The molecule has 1 aromatic carbocycles. The lowest BCUT2D eigenvalue weighted by Gasteiger charge is -2.37. The smallest absolute Gasteiger partial charge is 0.193 e. The number of nitrogens with one attached hydrogen (secondary N) is 1. The summed E-state index contributed by atoms with van der Waals surface area (Å²) >= 11 is 6.08. The van der Waals surface area contributed by atoms with E-state index in [-0.39, 0.29) is 5.60 Å². The number of hydrogen-bond donors (Lipinski definition) is 2. The quantitative estimate of drug-likeness (QED) is 0.635. The van der Waals surface area contributed by atoms with Crippen LogP contribution in [0.5, 0.6) is 5.75 Å². The second kappa shape index (κ2) is 7.86. The van der Waals surface area contributed by atoms with E-state index in [1.807, 2.05) is 6.07 Å². The highest BCUT2D eigenvalue weighted by Gasteiger charge is 2.26. The fourth-order valence-electron chi connectivity index (χ4n) is 2.55. The van der Waals surface area contributed by atoms with Crippen molar-refractivity contribution in [3.05, 3.63) is 23.2 Å². The van der Waals surface area contributed by atoms with Crippen molar-refractivity contribution < 1.29 is 9.47 Å². The number of methoxy groups -OCH3 is 1. The van der Waals surface area contributed by atoms with Gasteiger partial charge in [-0.2, -0.15) is 0 Å². The summed E-state index contributed by atoms with van der Waals surface area (Å²) in [6, 6.07) is 5.39. The normalized spacial score (nSPS) is 18.7. The summed E-state index contributed by atoms with van der Waals surface area (Å²) < 4.78 is 10.8. The van der Waals surface area contributed by atoms with Gasteiger partial charge in [-0.1, -0.05) is 11.6 Å². The number of morpholine rings is 1. The molecule has 0 aliphatic carbocycles. The van der Waals surface area contributed by atoms with Gasteiger partial charge in [-0.05, 0) is 32.0 Å². The number of anilines is 1. The summed E-state index contributed by atoms with van der Waals surface area (Å²) in [5, 5.41) is 3.56. The summed E-state index contributed by atoms with van der Waals surface area (Å²) in [4.78, 5) is 6.70. The largest absolute Gasteiger partial charge is 0.495 e. The van der Waals surface area contributed by atoms with E-state index in [2.05, 4.69) is 29.1 Å². The van der Waals surface area contributed by atoms with Crippen molar-refractivity contribution in [2.75, 3.05) is 45.2 Å². The molecule has 0 bridgehead atoms. The molecule has 2 rings (SSSR count). The molecule has 1 aromatic rings. The number of ether oxygens (including phenoxy) is 2. The second-order valence-corrected chi connectivity index (χ2v) is 6.53. The zero-order chi connectivity index (χ0) is 16.9. The molecule has 0 radical (unpaired) electrons. The molecule has 1 aliphatic rings. The van der Waals surface area contributed by atoms with E-state index in [1.165, 1.54) is 0 Å². The highest BCUT2D eigenvalue weighted by atomic mass is 35.5. The first-order valence-electron chi connectivity index (χ1n) is 7.66. The monoisotopic (exact) mass is 340 g/mol. The Morgan fingerprint density at radius 2 is 2.30 bits per heavy atom. The molecule has 1 fully saturated rings. The third-order valence-electron chi connectivity index (χ3n) is 3.63. The first-order chi connectivity index (χ1) is 10.9. The van der Waals surface area contributed by atoms with E-state index < -0.39 is 0 Å². The van der Waals surface area contributed by atoms with E-state index in [0.29, 0.717) is 23.3 Å². The highest BCUT2D eigenvalue weighted by molar-refractivity contribution is 6.32. The number of guanidine groups is 1. The van der Waals surface area contributed by atoms with Crippen LogP contribution in [0.3, 0.4) is 0 Å². The van der Waals surface area contributed by atoms with E-state index in [1.54, 1.807) is 19.2 Å². The predicted molar refractivity (Wildman–Crippen MR) is 94.6 cm³/mol. The topological polar surface area (TPSA) is 72.1 Å². The fraction of sp³-hybridized carbons (Fsp3) is 0.562. The summed E-state index contributed by atoms with van der Waals surface area (Å²) in [5.74, 6) is 1.00. The van der Waals surface area contributed by atoms with Crippen LogP contribution in [0.2, 0.25) is 5.02 Å². The van der Waals surface area contributed by atoms with Gasteiger partial charge in [0.1, 0.15) is 5.75 Å². The minimum absolute atomic E-state index is 0.0917. The molecule has 1 heterocycles. The molecule has 0 amide bonds. The lowest BCUT2D eigenvalue weighted by Crippen LogP contribution is -2.49. The van der Waals surface area contributed by atoms with Crippen LogP contribution in [0.25, 0.3) is 0 Å². The SMILES string of the molecule is COc1ccc(NC(N)=NCCN2CCOC(C)(C)C2)cc1Cl. The minimum atomic E-state index is -0.0917. The summed E-state index contributed by atoms with van der Waals surface area (Å²) in [6.07, 6.45) is 0. The summed E-state index contributed by atoms with van der Waals surface area (Å²) in [7, 11) is 1.58. The van der Waals surface area contributed by atoms with Crippen molar-refractivity contribution in [2.45, 2.75) is 19.4 Å². The Morgan fingerprint density at radius 3 is 2.96 bits per heavy atom. The van der Waals surface area contributed by atoms with Crippen molar-refractivity contribution >= 4 is 23.2 Å². The Labute approximate surface area is 142 Å². The molecule has 1 saturated heterocycles. The van der Waals surface area contributed by atoms with E-state index in [9.17, 15) is 0 Å². The summed E-state index contributed by atoms with van der Waals surface area (Å²) in [5.41, 5.74) is 6.61. The molecule has 0 atom stereocenters. The van der Waals surface area contributed by atoms with E-state index in [4.69, 9.17) is 26.8 Å². The Kier molecular flexibility index (Phi) is 6.10. The minimum Gasteiger partial charge on any atom is -0.495 e. The van der Waals surface area contributed by atoms with Gasteiger partial charge in [0.25, 0.3) is 0 Å². The fourth-order valence-corrected chi connectivity index (χ4v) is 2.81. The number of benzene rings is 1. The van der Waals surface area contributed by atoms with Crippen LogP contribution >= 0.6 is 11.6 Å². The summed E-state index contributed by atoms with van der Waals surface area (Å²) in [6.45, 7) is 8.30. The highest BCUT2D eigenvalue weighted by Crippen LogP contribution is 2.27. The molecule has 23 heavy (non-hydrogen) atoms. The van der Waals surface area contributed by atoms with Gasteiger partial charge in [0.2, 0.25) is 0 Å². The van der Waals surface area contributed by atoms with Gasteiger partial charge < -0.3 is 20.5 Å². The number of halogens is 1. The van der Waals surface area contributed by atoms with Gasteiger partial charge in [0.15, 0.2) is 5.96 Å². The number of aliphatic imine (C=N–C) groups is 1. The van der Waals surface area contributed by atoms with Crippen molar-refractivity contribution in [3.8, 4) is 5.75 Å². The van der Waals surface area contributed by atoms with E-state index in [0.717, 1.165) is 31.9 Å². The maximum Gasteiger partial charge on any atom is 0.193 e. The van der Waals surface area contributed by atoms with Crippen molar-refractivity contribution in [1.82, 2.24) is 4.90 Å². The Bertz CT molecular complexity index is 563. The molecule has 0 spiro atoms. The van der Waals surface area contributed by atoms with Gasteiger partial charge >= 0.3 is 0 Å². The molecule has 1 aliphatic heterocycles. The Morgan fingerprint density at radius 1 is 1.52 bits per heavy atom. The third-order valence-corrected chi connectivity index (χ3v) is 3.92. The molecule has 0 unspecified atom stereocenters. The van der Waals surface area contributed by atoms with Gasteiger partial charge in [-0.3, -0.25) is 9.89 Å². The van der Waals surface area contributed by atoms with Crippen LogP contribution in [0.1, 0.15) is 13.8 Å². The molecule has 0 saturated carbocycles. The molecule has 0 aromatic heterocycles. The molecule has 6 nitrogen and oxygen atoms in total. The lowest BCUT2D eigenvalue weighted by molar-refractivity contribution is -0.0850. The standard InChI is InChI=1S/C16H25ClN4O2/c1-16(2)11-21(8-9-23-16)7-6-19-15(18)20-12-4-5-14(22-3)13(17)10-12/h4-5,10H,6-9,11H2,1-3H3,(H3,18,19,20). The Balaban J connectivity index is 1.82. The van der Waals surface area contributed by atoms with Gasteiger partial charge in [-0.15, -0.1) is 0 Å². The average Bonchev–Trinajstić information content (AvgIpc) is 2.46. The van der Waals surface area contributed by atoms with Crippen LogP contribution in [-0.4, -0.2) is 56.4 Å². The molecular formula is C16H25ClN4O2. The second-order valence-electron chi connectivity index (χ2n) is 6.13. The van der Waals surface area contributed by atoms with Crippen molar-refractivity contribution in [1.29, 1.82) is 0 Å². The predicted octanol–water partition coefficient (Wildman–Crippen LogP) is 2.19.